The second-order valence-corrected chi connectivity index (χ2v) is 3.26. The van der Waals surface area contributed by atoms with Crippen LogP contribution in [0.4, 0.5) is 0 Å². The van der Waals surface area contributed by atoms with Crippen molar-refractivity contribution in [2.75, 3.05) is 0 Å². The van der Waals surface area contributed by atoms with E-state index in [9.17, 15) is 4.79 Å². The van der Waals surface area contributed by atoms with Gasteiger partial charge in [-0.3, -0.25) is 4.79 Å². The first-order valence-electron chi connectivity index (χ1n) is 4.17. The van der Waals surface area contributed by atoms with E-state index in [1.165, 1.54) is 6.20 Å². The number of aromatic nitrogens is 3. The summed E-state index contributed by atoms with van der Waals surface area (Å²) >= 11 is 0. The molecule has 1 rings (SSSR count). The van der Waals surface area contributed by atoms with Crippen molar-refractivity contribution in [3.05, 3.63) is 11.9 Å². The van der Waals surface area contributed by atoms with Gasteiger partial charge in [0.1, 0.15) is 0 Å². The Kier molecular flexibility index (Phi) is 2.65. The second-order valence-electron chi connectivity index (χ2n) is 3.26. The monoisotopic (exact) mass is 183 g/mol. The average Bonchev–Trinajstić information content (AvgIpc) is 2.50. The number of carboxylic acids is 1. The normalized spacial score (nSPS) is 13.2. The third-order valence-corrected chi connectivity index (χ3v) is 1.91. The Hall–Kier alpha value is -1.39. The molecule has 5 nitrogen and oxygen atoms in total. The second kappa shape index (κ2) is 3.55. The molecule has 0 aliphatic rings. The molecular weight excluding hydrogens is 170 g/mol. The summed E-state index contributed by atoms with van der Waals surface area (Å²) in [6.45, 7) is 5.50. The van der Waals surface area contributed by atoms with Gasteiger partial charge in [0.2, 0.25) is 0 Å². The summed E-state index contributed by atoms with van der Waals surface area (Å²) in [7, 11) is 0. The van der Waals surface area contributed by atoms with Crippen LogP contribution < -0.4 is 0 Å². The molecule has 0 bridgehead atoms. The topological polar surface area (TPSA) is 68.0 Å². The molecule has 0 spiro atoms. The lowest BCUT2D eigenvalue weighted by Gasteiger charge is -2.11. The van der Waals surface area contributed by atoms with E-state index in [1.54, 1.807) is 11.6 Å². The van der Waals surface area contributed by atoms with Crippen molar-refractivity contribution >= 4 is 5.97 Å². The fraction of sp³-hybridized carbons (Fsp3) is 0.625. The lowest BCUT2D eigenvalue weighted by atomic mass is 10.1. The first-order chi connectivity index (χ1) is 6.04. The summed E-state index contributed by atoms with van der Waals surface area (Å²) in [4.78, 5) is 10.7. The lowest BCUT2D eigenvalue weighted by Crippen LogP contribution is -2.15. The molecule has 1 aromatic heterocycles. The van der Waals surface area contributed by atoms with Crippen LogP contribution in [0.3, 0.4) is 0 Å². The van der Waals surface area contributed by atoms with Gasteiger partial charge in [0.05, 0.1) is 17.8 Å². The van der Waals surface area contributed by atoms with Gasteiger partial charge in [-0.05, 0) is 20.8 Å². The van der Waals surface area contributed by atoms with Crippen LogP contribution in [0.2, 0.25) is 0 Å². The number of carbonyl (C=O) groups is 1. The van der Waals surface area contributed by atoms with E-state index in [4.69, 9.17) is 5.11 Å². The summed E-state index contributed by atoms with van der Waals surface area (Å²) in [6.07, 6.45) is 1.50. The van der Waals surface area contributed by atoms with Crippen LogP contribution in [0.1, 0.15) is 38.4 Å². The quantitative estimate of drug-likeness (QED) is 0.760. The minimum Gasteiger partial charge on any atom is -0.481 e. The first-order valence-corrected chi connectivity index (χ1v) is 4.17. The molecule has 0 radical (unpaired) electrons. The number of aliphatic carboxylic acids is 1. The number of carboxylic acid groups (broad SMARTS) is 1. The number of nitrogens with zero attached hydrogens (tertiary/aromatic N) is 3. The van der Waals surface area contributed by atoms with E-state index in [0.29, 0.717) is 5.69 Å². The molecule has 0 aliphatic carbocycles. The summed E-state index contributed by atoms with van der Waals surface area (Å²) in [5.41, 5.74) is 0.641. The van der Waals surface area contributed by atoms with Crippen molar-refractivity contribution in [1.82, 2.24) is 15.0 Å². The smallest absolute Gasteiger partial charge is 0.312 e. The molecule has 0 amide bonds. The summed E-state index contributed by atoms with van der Waals surface area (Å²) in [5, 5.41) is 16.3. The highest BCUT2D eigenvalue weighted by atomic mass is 16.4. The van der Waals surface area contributed by atoms with Gasteiger partial charge in [0.15, 0.2) is 0 Å². The fourth-order valence-electron chi connectivity index (χ4n) is 1.09. The van der Waals surface area contributed by atoms with Crippen LogP contribution in [0.25, 0.3) is 0 Å². The molecule has 1 unspecified atom stereocenters. The van der Waals surface area contributed by atoms with E-state index >= 15 is 0 Å². The predicted molar refractivity (Wildman–Crippen MR) is 46.5 cm³/mol. The van der Waals surface area contributed by atoms with Gasteiger partial charge < -0.3 is 5.11 Å². The minimum absolute atomic E-state index is 0.138. The number of rotatable bonds is 3. The van der Waals surface area contributed by atoms with Crippen molar-refractivity contribution in [2.45, 2.75) is 32.7 Å². The number of hydrogen-bond acceptors (Lipinski definition) is 3. The van der Waals surface area contributed by atoms with E-state index in [2.05, 4.69) is 10.3 Å². The highest BCUT2D eigenvalue weighted by Gasteiger charge is 2.19. The third-order valence-electron chi connectivity index (χ3n) is 1.91. The highest BCUT2D eigenvalue weighted by molar-refractivity contribution is 5.74. The maximum atomic E-state index is 10.7. The van der Waals surface area contributed by atoms with Crippen LogP contribution in [0.15, 0.2) is 6.20 Å². The Morgan fingerprint density at radius 1 is 1.54 bits per heavy atom. The first kappa shape index (κ1) is 9.70. The molecular formula is C8H13N3O2. The molecule has 1 aromatic rings. The van der Waals surface area contributed by atoms with Crippen molar-refractivity contribution in [3.8, 4) is 0 Å². The fourth-order valence-corrected chi connectivity index (χ4v) is 1.09. The van der Waals surface area contributed by atoms with Crippen molar-refractivity contribution in [2.24, 2.45) is 0 Å². The van der Waals surface area contributed by atoms with E-state index in [1.807, 2.05) is 13.8 Å². The Morgan fingerprint density at radius 3 is 2.62 bits per heavy atom. The number of hydrogen-bond donors (Lipinski definition) is 1. The van der Waals surface area contributed by atoms with E-state index in [0.717, 1.165) is 0 Å². The van der Waals surface area contributed by atoms with Gasteiger partial charge in [0, 0.05) is 6.04 Å². The molecule has 0 fully saturated rings. The van der Waals surface area contributed by atoms with Crippen LogP contribution >= 0.6 is 0 Å². The van der Waals surface area contributed by atoms with Crippen molar-refractivity contribution in [1.29, 1.82) is 0 Å². The molecule has 1 heterocycles. The minimum atomic E-state index is -0.857. The van der Waals surface area contributed by atoms with Crippen LogP contribution in [-0.4, -0.2) is 26.1 Å². The largest absolute Gasteiger partial charge is 0.481 e. The zero-order valence-corrected chi connectivity index (χ0v) is 7.93. The molecule has 0 aromatic carbocycles. The van der Waals surface area contributed by atoms with Crippen molar-refractivity contribution < 1.29 is 9.90 Å². The van der Waals surface area contributed by atoms with Crippen LogP contribution in [0, 0.1) is 0 Å². The Balaban J connectivity index is 3.00. The van der Waals surface area contributed by atoms with Crippen LogP contribution in [-0.2, 0) is 4.79 Å². The Bertz CT molecular complexity index is 306. The third kappa shape index (κ3) is 1.85. The molecule has 0 saturated heterocycles. The maximum Gasteiger partial charge on any atom is 0.312 e. The molecule has 0 saturated carbocycles. The summed E-state index contributed by atoms with van der Waals surface area (Å²) < 4.78 is 1.62. The molecule has 1 atom stereocenters. The van der Waals surface area contributed by atoms with Crippen molar-refractivity contribution in [3.63, 3.8) is 0 Å². The zero-order chi connectivity index (χ0) is 10.0. The summed E-state index contributed by atoms with van der Waals surface area (Å²) in [6, 6.07) is 0.138. The van der Waals surface area contributed by atoms with E-state index in [-0.39, 0.29) is 6.04 Å². The summed E-state index contributed by atoms with van der Waals surface area (Å²) in [5.74, 6) is -1.42. The lowest BCUT2D eigenvalue weighted by molar-refractivity contribution is -0.138. The molecule has 72 valence electrons. The van der Waals surface area contributed by atoms with Gasteiger partial charge in [-0.25, -0.2) is 4.68 Å². The van der Waals surface area contributed by atoms with Gasteiger partial charge >= 0.3 is 5.97 Å². The SMILES string of the molecule is CC(C(=O)O)c1cnnn1C(C)C. The van der Waals surface area contributed by atoms with Crippen LogP contribution in [0.5, 0.6) is 0 Å². The molecule has 13 heavy (non-hydrogen) atoms. The molecule has 5 heteroatoms. The zero-order valence-electron chi connectivity index (χ0n) is 7.93. The standard InChI is InChI=1S/C8H13N3O2/c1-5(2)11-7(4-9-10-11)6(3)8(12)13/h4-6H,1-3H3,(H,12,13). The van der Waals surface area contributed by atoms with Gasteiger partial charge in [-0.1, -0.05) is 5.21 Å². The highest BCUT2D eigenvalue weighted by Crippen LogP contribution is 2.16. The van der Waals surface area contributed by atoms with Gasteiger partial charge in [-0.2, -0.15) is 0 Å². The predicted octanol–water partition coefficient (Wildman–Crippen LogP) is 1.05. The molecule has 0 aliphatic heterocycles. The Morgan fingerprint density at radius 2 is 2.15 bits per heavy atom. The maximum absolute atomic E-state index is 10.7. The average molecular weight is 183 g/mol. The molecule has 1 N–H and O–H groups in total. The van der Waals surface area contributed by atoms with Gasteiger partial charge in [-0.15, -0.1) is 5.10 Å². The Labute approximate surface area is 76.4 Å². The van der Waals surface area contributed by atoms with Gasteiger partial charge in [0.25, 0.3) is 0 Å². The van der Waals surface area contributed by atoms with E-state index < -0.39 is 11.9 Å².